The summed E-state index contributed by atoms with van der Waals surface area (Å²) in [5.74, 6) is -0.304. The van der Waals surface area contributed by atoms with Crippen LogP contribution in [0.15, 0.2) is 65.3 Å². The average Bonchev–Trinajstić information content (AvgIpc) is 2.86. The van der Waals surface area contributed by atoms with Crippen molar-refractivity contribution in [2.75, 3.05) is 10.7 Å². The molecule has 0 spiro atoms. The van der Waals surface area contributed by atoms with Gasteiger partial charge < -0.3 is 5.73 Å². The lowest BCUT2D eigenvalue weighted by molar-refractivity contribution is -0.114. The molecule has 1 aliphatic heterocycles. The highest BCUT2D eigenvalue weighted by Gasteiger charge is 2.32. The zero-order chi connectivity index (χ0) is 16.4. The highest BCUT2D eigenvalue weighted by molar-refractivity contribution is 6.34. The van der Waals surface area contributed by atoms with E-state index >= 15 is 0 Å². The van der Waals surface area contributed by atoms with Crippen LogP contribution in [0.25, 0.3) is 5.57 Å². The van der Waals surface area contributed by atoms with E-state index in [9.17, 15) is 10.1 Å². The number of allylic oxidation sites excluding steroid dienone is 1. The second kappa shape index (κ2) is 5.78. The third-order valence-electron chi connectivity index (χ3n) is 3.58. The number of nitrogen functional groups attached to an aromatic ring is 1. The number of carbonyl (C=O) groups is 1. The predicted octanol–water partition coefficient (Wildman–Crippen LogP) is 2.97. The number of nitrogens with two attached hydrogens (primary N) is 1. The Labute approximate surface area is 134 Å². The standard InChI is InChI=1S/C18H14N4O/c1-12-17(16(11-19)13-7-9-14(20)10-8-13)18(23)22(21-12)15-5-3-2-4-6-15/h2-10H,20H2,1H3/b17-16-. The van der Waals surface area contributed by atoms with E-state index in [-0.39, 0.29) is 5.91 Å². The van der Waals surface area contributed by atoms with Crippen molar-refractivity contribution >= 4 is 28.6 Å². The van der Waals surface area contributed by atoms with Crippen molar-refractivity contribution in [1.29, 1.82) is 5.26 Å². The van der Waals surface area contributed by atoms with Gasteiger partial charge in [-0.15, -0.1) is 0 Å². The average molecular weight is 302 g/mol. The van der Waals surface area contributed by atoms with E-state index in [2.05, 4.69) is 11.2 Å². The molecule has 0 aliphatic carbocycles. The zero-order valence-electron chi connectivity index (χ0n) is 12.5. The van der Waals surface area contributed by atoms with Crippen LogP contribution in [0, 0.1) is 11.3 Å². The van der Waals surface area contributed by atoms with Crippen LogP contribution in [0.1, 0.15) is 12.5 Å². The number of nitrogens with zero attached hydrogens (tertiary/aromatic N) is 3. The lowest BCUT2D eigenvalue weighted by atomic mass is 9.98. The quantitative estimate of drug-likeness (QED) is 0.526. The molecule has 1 amide bonds. The van der Waals surface area contributed by atoms with Crippen molar-refractivity contribution in [3.05, 3.63) is 65.7 Å². The Morgan fingerprint density at radius 2 is 1.78 bits per heavy atom. The molecule has 5 nitrogen and oxygen atoms in total. The number of rotatable bonds is 2. The first-order chi connectivity index (χ1) is 11.1. The lowest BCUT2D eigenvalue weighted by Crippen LogP contribution is -2.22. The maximum absolute atomic E-state index is 12.7. The van der Waals surface area contributed by atoms with Crippen molar-refractivity contribution in [3.8, 4) is 6.07 Å². The van der Waals surface area contributed by atoms with Crippen LogP contribution >= 0.6 is 0 Å². The second-order valence-electron chi connectivity index (χ2n) is 5.12. The number of amides is 1. The number of hydrazone groups is 1. The number of nitriles is 1. The van der Waals surface area contributed by atoms with Gasteiger partial charge in [-0.2, -0.15) is 15.4 Å². The van der Waals surface area contributed by atoms with E-state index in [0.29, 0.717) is 33.8 Å². The summed E-state index contributed by atoms with van der Waals surface area (Å²) in [5, 5.41) is 15.2. The minimum atomic E-state index is -0.304. The summed E-state index contributed by atoms with van der Waals surface area (Å²) in [7, 11) is 0. The molecule has 5 heteroatoms. The van der Waals surface area contributed by atoms with Gasteiger partial charge >= 0.3 is 0 Å². The van der Waals surface area contributed by atoms with Crippen LogP contribution in [-0.2, 0) is 4.79 Å². The summed E-state index contributed by atoms with van der Waals surface area (Å²) in [6, 6.07) is 18.1. The Bertz CT molecular complexity index is 858. The van der Waals surface area contributed by atoms with Gasteiger partial charge in [-0.05, 0) is 36.8 Å². The van der Waals surface area contributed by atoms with Gasteiger partial charge in [-0.3, -0.25) is 4.79 Å². The predicted molar refractivity (Wildman–Crippen MR) is 90.4 cm³/mol. The van der Waals surface area contributed by atoms with Crippen LogP contribution in [-0.4, -0.2) is 11.6 Å². The molecule has 2 aromatic carbocycles. The van der Waals surface area contributed by atoms with E-state index in [1.165, 1.54) is 5.01 Å². The van der Waals surface area contributed by atoms with Gasteiger partial charge in [0.1, 0.15) is 6.07 Å². The van der Waals surface area contributed by atoms with Crippen LogP contribution in [0.2, 0.25) is 0 Å². The molecule has 0 bridgehead atoms. The molecule has 112 valence electrons. The molecule has 0 fully saturated rings. The zero-order valence-corrected chi connectivity index (χ0v) is 12.5. The summed E-state index contributed by atoms with van der Waals surface area (Å²) >= 11 is 0. The van der Waals surface area contributed by atoms with Gasteiger partial charge in [0.2, 0.25) is 0 Å². The highest BCUT2D eigenvalue weighted by atomic mass is 16.2. The number of hydrogen-bond donors (Lipinski definition) is 1. The fourth-order valence-corrected chi connectivity index (χ4v) is 2.45. The molecule has 0 saturated heterocycles. The Morgan fingerprint density at radius 1 is 1.13 bits per heavy atom. The van der Waals surface area contributed by atoms with E-state index in [4.69, 9.17) is 5.73 Å². The maximum Gasteiger partial charge on any atom is 0.281 e. The Balaban J connectivity index is 2.09. The summed E-state index contributed by atoms with van der Waals surface area (Å²) in [4.78, 5) is 12.7. The molecule has 0 atom stereocenters. The Morgan fingerprint density at radius 3 is 2.39 bits per heavy atom. The fourth-order valence-electron chi connectivity index (χ4n) is 2.45. The summed E-state index contributed by atoms with van der Waals surface area (Å²) in [6.07, 6.45) is 0. The minimum absolute atomic E-state index is 0.301. The molecule has 0 saturated carbocycles. The summed E-state index contributed by atoms with van der Waals surface area (Å²) in [5.41, 5.74) is 8.74. The molecule has 2 N–H and O–H groups in total. The summed E-state index contributed by atoms with van der Waals surface area (Å²) in [6.45, 7) is 1.73. The van der Waals surface area contributed by atoms with E-state index in [0.717, 1.165) is 0 Å². The Hall–Kier alpha value is -3.39. The van der Waals surface area contributed by atoms with Crippen molar-refractivity contribution in [3.63, 3.8) is 0 Å². The first-order valence-electron chi connectivity index (χ1n) is 7.07. The maximum atomic E-state index is 12.7. The van der Waals surface area contributed by atoms with Crippen LogP contribution < -0.4 is 10.7 Å². The van der Waals surface area contributed by atoms with Gasteiger partial charge in [0.15, 0.2) is 0 Å². The number of hydrogen-bond acceptors (Lipinski definition) is 4. The smallest absolute Gasteiger partial charge is 0.281 e. The van der Waals surface area contributed by atoms with Gasteiger partial charge in [0.25, 0.3) is 5.91 Å². The molecule has 3 rings (SSSR count). The molecule has 2 aromatic rings. The van der Waals surface area contributed by atoms with Crippen LogP contribution in [0.5, 0.6) is 0 Å². The SMILES string of the molecule is CC1=NN(c2ccccc2)C(=O)/C1=C(/C#N)c1ccc(N)cc1. The van der Waals surface area contributed by atoms with E-state index in [1.54, 1.807) is 43.3 Å². The molecule has 0 aromatic heterocycles. The molecule has 0 unspecified atom stereocenters. The minimum Gasteiger partial charge on any atom is -0.399 e. The van der Waals surface area contributed by atoms with Crippen molar-refractivity contribution in [2.24, 2.45) is 5.10 Å². The van der Waals surface area contributed by atoms with Gasteiger partial charge in [0, 0.05) is 5.69 Å². The molecular formula is C18H14N4O. The molecule has 23 heavy (non-hydrogen) atoms. The van der Waals surface area contributed by atoms with Crippen LogP contribution in [0.4, 0.5) is 11.4 Å². The first-order valence-corrected chi connectivity index (χ1v) is 7.07. The second-order valence-corrected chi connectivity index (χ2v) is 5.12. The van der Waals surface area contributed by atoms with Crippen molar-refractivity contribution in [1.82, 2.24) is 0 Å². The lowest BCUT2D eigenvalue weighted by Gasteiger charge is -2.11. The van der Waals surface area contributed by atoms with E-state index in [1.807, 2.05) is 18.2 Å². The third kappa shape index (κ3) is 2.58. The first kappa shape index (κ1) is 14.5. The molecule has 0 radical (unpaired) electrons. The normalized spacial score (nSPS) is 16.1. The monoisotopic (exact) mass is 302 g/mol. The largest absolute Gasteiger partial charge is 0.399 e. The number of para-hydroxylation sites is 1. The van der Waals surface area contributed by atoms with Crippen LogP contribution in [0.3, 0.4) is 0 Å². The topological polar surface area (TPSA) is 82.5 Å². The fraction of sp³-hybridized carbons (Fsp3) is 0.0556. The summed E-state index contributed by atoms with van der Waals surface area (Å²) < 4.78 is 0. The number of benzene rings is 2. The molecule has 1 aliphatic rings. The van der Waals surface area contributed by atoms with Crippen molar-refractivity contribution in [2.45, 2.75) is 6.92 Å². The number of anilines is 2. The highest BCUT2D eigenvalue weighted by Crippen LogP contribution is 2.29. The Kier molecular flexibility index (Phi) is 3.65. The van der Waals surface area contributed by atoms with E-state index < -0.39 is 0 Å². The molecule has 1 heterocycles. The third-order valence-corrected chi connectivity index (χ3v) is 3.58. The van der Waals surface area contributed by atoms with Gasteiger partial charge in [-0.25, -0.2) is 0 Å². The molecular weight excluding hydrogens is 288 g/mol. The number of carbonyl (C=O) groups excluding carboxylic acids is 1. The van der Waals surface area contributed by atoms with Crippen molar-refractivity contribution < 1.29 is 4.79 Å². The van der Waals surface area contributed by atoms with Gasteiger partial charge in [-0.1, -0.05) is 30.3 Å². The van der Waals surface area contributed by atoms with Gasteiger partial charge in [0.05, 0.1) is 22.5 Å².